The number of hydrogen-bond donors (Lipinski definition) is 1. The normalized spacial score (nSPS) is 11.6. The Hall–Kier alpha value is -3.54. The van der Waals surface area contributed by atoms with Crippen molar-refractivity contribution in [3.05, 3.63) is 66.2 Å². The van der Waals surface area contributed by atoms with Crippen molar-refractivity contribution in [1.82, 2.24) is 0 Å². The van der Waals surface area contributed by atoms with Crippen LogP contribution in [0.15, 0.2) is 60.7 Å². The van der Waals surface area contributed by atoms with Crippen LogP contribution in [0.5, 0.6) is 11.5 Å². The highest BCUT2D eigenvalue weighted by Crippen LogP contribution is 2.27. The van der Waals surface area contributed by atoms with E-state index in [-0.39, 0.29) is 12.3 Å². The van der Waals surface area contributed by atoms with E-state index in [0.717, 1.165) is 10.8 Å². The molecule has 0 aliphatic rings. The zero-order valence-electron chi connectivity index (χ0n) is 16.6. The molecule has 1 unspecified atom stereocenters. The number of esters is 1. The average Bonchev–Trinajstić information content (AvgIpc) is 2.73. The molecule has 3 aromatic rings. The van der Waals surface area contributed by atoms with Crippen LogP contribution in [0.1, 0.15) is 12.5 Å². The summed E-state index contributed by atoms with van der Waals surface area (Å²) in [6, 6.07) is 18.7. The van der Waals surface area contributed by atoms with Gasteiger partial charge in [0.15, 0.2) is 17.6 Å². The first-order valence-corrected chi connectivity index (χ1v) is 9.20. The summed E-state index contributed by atoms with van der Waals surface area (Å²) in [5, 5.41) is 4.88. The van der Waals surface area contributed by atoms with E-state index in [1.807, 2.05) is 42.5 Å². The Labute approximate surface area is 169 Å². The van der Waals surface area contributed by atoms with Gasteiger partial charge in [-0.15, -0.1) is 0 Å². The summed E-state index contributed by atoms with van der Waals surface area (Å²) in [7, 11) is 3.07. The lowest BCUT2D eigenvalue weighted by Crippen LogP contribution is -2.30. The van der Waals surface area contributed by atoms with E-state index in [1.165, 1.54) is 7.11 Å². The van der Waals surface area contributed by atoms with E-state index < -0.39 is 12.1 Å². The molecule has 3 rings (SSSR count). The fourth-order valence-corrected chi connectivity index (χ4v) is 2.96. The summed E-state index contributed by atoms with van der Waals surface area (Å²) < 4.78 is 15.7. The zero-order chi connectivity index (χ0) is 20.8. The maximum absolute atomic E-state index is 12.4. The van der Waals surface area contributed by atoms with E-state index >= 15 is 0 Å². The molecule has 0 fully saturated rings. The van der Waals surface area contributed by atoms with Crippen LogP contribution in [0, 0.1) is 0 Å². The summed E-state index contributed by atoms with van der Waals surface area (Å²) in [6.07, 6.45) is -0.900. The molecule has 1 amide bonds. The van der Waals surface area contributed by atoms with Crippen molar-refractivity contribution in [1.29, 1.82) is 0 Å². The monoisotopic (exact) mass is 393 g/mol. The Kier molecular flexibility index (Phi) is 6.34. The number of anilines is 1. The number of amides is 1. The Morgan fingerprint density at radius 2 is 1.62 bits per heavy atom. The maximum atomic E-state index is 12.4. The molecule has 0 aromatic heterocycles. The molecule has 150 valence electrons. The Balaban J connectivity index is 1.59. The third-order valence-corrected chi connectivity index (χ3v) is 4.49. The number of benzene rings is 3. The summed E-state index contributed by atoms with van der Waals surface area (Å²) >= 11 is 0. The maximum Gasteiger partial charge on any atom is 0.311 e. The third kappa shape index (κ3) is 5.04. The highest BCUT2D eigenvalue weighted by Gasteiger charge is 2.19. The van der Waals surface area contributed by atoms with Crippen molar-refractivity contribution in [2.75, 3.05) is 19.5 Å². The highest BCUT2D eigenvalue weighted by atomic mass is 16.5. The van der Waals surface area contributed by atoms with E-state index in [2.05, 4.69) is 5.32 Å². The van der Waals surface area contributed by atoms with E-state index in [0.29, 0.717) is 22.7 Å². The fourth-order valence-electron chi connectivity index (χ4n) is 2.96. The van der Waals surface area contributed by atoms with Gasteiger partial charge in [-0.1, -0.05) is 36.4 Å². The van der Waals surface area contributed by atoms with Crippen LogP contribution in [0.4, 0.5) is 5.69 Å². The van der Waals surface area contributed by atoms with Gasteiger partial charge in [0.2, 0.25) is 0 Å². The summed E-state index contributed by atoms with van der Waals surface area (Å²) in [5.74, 6) is 0.215. The predicted octanol–water partition coefficient (Wildman–Crippen LogP) is 3.97. The smallest absolute Gasteiger partial charge is 0.311 e. The van der Waals surface area contributed by atoms with Crippen molar-refractivity contribution >= 4 is 28.3 Å². The van der Waals surface area contributed by atoms with Crippen LogP contribution in [-0.2, 0) is 20.7 Å². The predicted molar refractivity (Wildman–Crippen MR) is 111 cm³/mol. The summed E-state index contributed by atoms with van der Waals surface area (Å²) in [5.41, 5.74) is 1.35. The van der Waals surface area contributed by atoms with Crippen LogP contribution in [0.25, 0.3) is 10.8 Å². The van der Waals surface area contributed by atoms with Crippen LogP contribution in [-0.4, -0.2) is 32.2 Å². The number of rotatable bonds is 7. The average molecular weight is 393 g/mol. The van der Waals surface area contributed by atoms with Gasteiger partial charge >= 0.3 is 5.97 Å². The summed E-state index contributed by atoms with van der Waals surface area (Å²) in [6.45, 7) is 1.54. The van der Waals surface area contributed by atoms with Crippen molar-refractivity contribution in [3.8, 4) is 11.5 Å². The van der Waals surface area contributed by atoms with Gasteiger partial charge in [-0.2, -0.15) is 0 Å². The standard InChI is InChI=1S/C23H23NO5/c1-15(23(26)24-19-10-9-17-6-4-5-7-18(17)14-19)29-22(25)13-16-8-11-20(27-2)21(12-16)28-3/h4-12,14-15H,13H2,1-3H3,(H,24,26). The number of carbonyl (C=O) groups is 2. The molecular weight excluding hydrogens is 370 g/mol. The van der Waals surface area contributed by atoms with Crippen molar-refractivity contribution in [2.45, 2.75) is 19.4 Å². The molecular formula is C23H23NO5. The van der Waals surface area contributed by atoms with Crippen LogP contribution in [0.3, 0.4) is 0 Å². The van der Waals surface area contributed by atoms with Crippen LogP contribution < -0.4 is 14.8 Å². The van der Waals surface area contributed by atoms with Crippen molar-refractivity contribution in [2.24, 2.45) is 0 Å². The molecule has 1 N–H and O–H groups in total. The SMILES string of the molecule is COc1ccc(CC(=O)OC(C)C(=O)Nc2ccc3ccccc3c2)cc1OC. The van der Waals surface area contributed by atoms with Gasteiger partial charge in [0.25, 0.3) is 5.91 Å². The Bertz CT molecular complexity index is 1030. The number of fused-ring (bicyclic) bond motifs is 1. The second kappa shape index (κ2) is 9.10. The molecule has 29 heavy (non-hydrogen) atoms. The molecule has 1 atom stereocenters. The van der Waals surface area contributed by atoms with Gasteiger partial charge in [0, 0.05) is 5.69 Å². The molecule has 6 heteroatoms. The Morgan fingerprint density at radius 1 is 0.897 bits per heavy atom. The van der Waals surface area contributed by atoms with E-state index in [9.17, 15) is 9.59 Å². The van der Waals surface area contributed by atoms with Gasteiger partial charge in [-0.05, 0) is 47.5 Å². The lowest BCUT2D eigenvalue weighted by molar-refractivity contribution is -0.152. The van der Waals surface area contributed by atoms with Crippen LogP contribution >= 0.6 is 0 Å². The molecule has 0 radical (unpaired) electrons. The Morgan fingerprint density at radius 3 is 2.34 bits per heavy atom. The van der Waals surface area contributed by atoms with Gasteiger partial charge in [-0.3, -0.25) is 9.59 Å². The largest absolute Gasteiger partial charge is 0.493 e. The lowest BCUT2D eigenvalue weighted by atomic mass is 10.1. The molecule has 0 aliphatic heterocycles. The lowest BCUT2D eigenvalue weighted by Gasteiger charge is -2.14. The minimum absolute atomic E-state index is 0.0218. The summed E-state index contributed by atoms with van der Waals surface area (Å²) in [4.78, 5) is 24.6. The number of nitrogens with one attached hydrogen (secondary N) is 1. The van der Waals surface area contributed by atoms with Crippen molar-refractivity contribution < 1.29 is 23.8 Å². The topological polar surface area (TPSA) is 73.9 Å². The fraction of sp³-hybridized carbons (Fsp3) is 0.217. The minimum Gasteiger partial charge on any atom is -0.493 e. The minimum atomic E-state index is -0.922. The van der Waals surface area contributed by atoms with Gasteiger partial charge in [-0.25, -0.2) is 0 Å². The van der Waals surface area contributed by atoms with Gasteiger partial charge < -0.3 is 19.5 Å². The highest BCUT2D eigenvalue weighted by molar-refractivity contribution is 5.97. The van der Waals surface area contributed by atoms with Gasteiger partial charge in [0.05, 0.1) is 20.6 Å². The second-order valence-corrected chi connectivity index (χ2v) is 6.55. The molecule has 0 spiro atoms. The first kappa shape index (κ1) is 20.2. The zero-order valence-corrected chi connectivity index (χ0v) is 16.6. The number of carbonyl (C=O) groups excluding carboxylic acids is 2. The van der Waals surface area contributed by atoms with E-state index in [1.54, 1.807) is 32.2 Å². The first-order chi connectivity index (χ1) is 14.0. The number of hydrogen-bond acceptors (Lipinski definition) is 5. The third-order valence-electron chi connectivity index (χ3n) is 4.49. The molecule has 0 saturated carbocycles. The van der Waals surface area contributed by atoms with Crippen LogP contribution in [0.2, 0.25) is 0 Å². The second-order valence-electron chi connectivity index (χ2n) is 6.55. The van der Waals surface area contributed by atoms with E-state index in [4.69, 9.17) is 14.2 Å². The molecule has 6 nitrogen and oxygen atoms in total. The molecule has 0 aliphatic carbocycles. The molecule has 0 saturated heterocycles. The first-order valence-electron chi connectivity index (χ1n) is 9.20. The quantitative estimate of drug-likeness (QED) is 0.615. The molecule has 3 aromatic carbocycles. The number of methoxy groups -OCH3 is 2. The van der Waals surface area contributed by atoms with Crippen molar-refractivity contribution in [3.63, 3.8) is 0 Å². The molecule has 0 bridgehead atoms. The number of ether oxygens (including phenoxy) is 3. The van der Waals surface area contributed by atoms with Gasteiger partial charge in [0.1, 0.15) is 0 Å². The molecule has 0 heterocycles.